The largest absolute Gasteiger partial charge is 0.368 e. The van der Waals surface area contributed by atoms with Crippen molar-refractivity contribution in [1.29, 1.82) is 0 Å². The number of aromatic nitrogens is 2. The van der Waals surface area contributed by atoms with E-state index in [1.165, 1.54) is 0 Å². The van der Waals surface area contributed by atoms with Crippen molar-refractivity contribution in [1.82, 2.24) is 14.9 Å². The van der Waals surface area contributed by atoms with Gasteiger partial charge in [0.05, 0.1) is 16.6 Å². The van der Waals surface area contributed by atoms with Crippen molar-refractivity contribution in [3.05, 3.63) is 30.1 Å². The Hall–Kier alpha value is -1.88. The standard InChI is InChI=1S/C16H24N4O/c1-4-10-18-16(3,15(17)21)9-11-20-12(2)19-13-7-5-6-8-14(13)20/h5-8,18H,4,9-11H2,1-3H3,(H2,17,21). The summed E-state index contributed by atoms with van der Waals surface area (Å²) in [5, 5.41) is 3.27. The molecule has 0 bridgehead atoms. The lowest BCUT2D eigenvalue weighted by Gasteiger charge is -2.28. The first-order valence-corrected chi connectivity index (χ1v) is 7.45. The summed E-state index contributed by atoms with van der Waals surface area (Å²) in [6, 6.07) is 8.04. The highest BCUT2D eigenvalue weighted by Crippen LogP contribution is 2.18. The van der Waals surface area contributed by atoms with E-state index in [1.807, 2.05) is 32.0 Å². The molecule has 0 saturated carbocycles. The molecule has 0 fully saturated rings. The molecule has 1 aromatic heterocycles. The molecule has 114 valence electrons. The Kier molecular flexibility index (Phi) is 4.63. The van der Waals surface area contributed by atoms with E-state index >= 15 is 0 Å². The fourth-order valence-corrected chi connectivity index (χ4v) is 2.51. The molecule has 5 heteroatoms. The van der Waals surface area contributed by atoms with Gasteiger partial charge in [0, 0.05) is 6.54 Å². The molecule has 0 spiro atoms. The predicted molar refractivity (Wildman–Crippen MR) is 85.0 cm³/mol. The number of hydrogen-bond acceptors (Lipinski definition) is 3. The maximum Gasteiger partial charge on any atom is 0.237 e. The number of nitrogens with two attached hydrogens (primary N) is 1. The van der Waals surface area contributed by atoms with Crippen molar-refractivity contribution >= 4 is 16.9 Å². The Morgan fingerprint density at radius 2 is 2.14 bits per heavy atom. The number of rotatable bonds is 7. The molecule has 0 saturated heterocycles. The van der Waals surface area contributed by atoms with Crippen LogP contribution in [0.4, 0.5) is 0 Å². The second kappa shape index (κ2) is 6.26. The van der Waals surface area contributed by atoms with E-state index < -0.39 is 5.54 Å². The van der Waals surface area contributed by atoms with Gasteiger partial charge in [-0.05, 0) is 45.4 Å². The van der Waals surface area contributed by atoms with Crippen LogP contribution >= 0.6 is 0 Å². The van der Waals surface area contributed by atoms with Crippen LogP contribution < -0.4 is 11.1 Å². The van der Waals surface area contributed by atoms with Crippen LogP contribution in [0.15, 0.2) is 24.3 Å². The topological polar surface area (TPSA) is 72.9 Å². The van der Waals surface area contributed by atoms with E-state index in [2.05, 4.69) is 27.9 Å². The molecule has 21 heavy (non-hydrogen) atoms. The van der Waals surface area contributed by atoms with E-state index in [-0.39, 0.29) is 5.91 Å². The summed E-state index contributed by atoms with van der Waals surface area (Å²) < 4.78 is 2.14. The van der Waals surface area contributed by atoms with Gasteiger partial charge in [0.25, 0.3) is 0 Å². The molecule has 5 nitrogen and oxygen atoms in total. The number of aryl methyl sites for hydroxylation is 2. The Morgan fingerprint density at radius 3 is 2.81 bits per heavy atom. The third kappa shape index (κ3) is 3.24. The summed E-state index contributed by atoms with van der Waals surface area (Å²) >= 11 is 0. The molecule has 3 N–H and O–H groups in total. The van der Waals surface area contributed by atoms with E-state index in [1.54, 1.807) is 0 Å². The van der Waals surface area contributed by atoms with Gasteiger partial charge in [0.15, 0.2) is 0 Å². The number of carbonyl (C=O) groups excluding carboxylic acids is 1. The molecule has 1 unspecified atom stereocenters. The zero-order chi connectivity index (χ0) is 15.5. The number of nitrogens with one attached hydrogen (secondary N) is 1. The quantitative estimate of drug-likeness (QED) is 0.818. The molecular formula is C16H24N4O. The van der Waals surface area contributed by atoms with Gasteiger partial charge >= 0.3 is 0 Å². The van der Waals surface area contributed by atoms with Crippen LogP contribution in [0, 0.1) is 6.92 Å². The van der Waals surface area contributed by atoms with Crippen LogP contribution in [0.1, 0.15) is 32.5 Å². The maximum atomic E-state index is 11.8. The average Bonchev–Trinajstić information content (AvgIpc) is 2.78. The Morgan fingerprint density at radius 1 is 1.43 bits per heavy atom. The third-order valence-electron chi connectivity index (χ3n) is 3.99. The summed E-state index contributed by atoms with van der Waals surface area (Å²) in [5.74, 6) is 0.650. The number of imidazole rings is 1. The van der Waals surface area contributed by atoms with Gasteiger partial charge in [-0.25, -0.2) is 4.98 Å². The van der Waals surface area contributed by atoms with Crippen LogP contribution in [0.5, 0.6) is 0 Å². The molecule has 0 aliphatic heterocycles. The van der Waals surface area contributed by atoms with Gasteiger partial charge in [0.1, 0.15) is 5.82 Å². The minimum Gasteiger partial charge on any atom is -0.368 e. The van der Waals surface area contributed by atoms with Crippen molar-refractivity contribution < 1.29 is 4.79 Å². The van der Waals surface area contributed by atoms with Gasteiger partial charge in [-0.2, -0.15) is 0 Å². The van der Waals surface area contributed by atoms with Gasteiger partial charge in [-0.3, -0.25) is 4.79 Å². The maximum absolute atomic E-state index is 11.8. The van der Waals surface area contributed by atoms with Crippen LogP contribution in [-0.4, -0.2) is 27.5 Å². The van der Waals surface area contributed by atoms with Crippen LogP contribution in [0.25, 0.3) is 11.0 Å². The highest BCUT2D eigenvalue weighted by atomic mass is 16.1. The SMILES string of the molecule is CCCNC(C)(CCn1c(C)nc2ccccc21)C(N)=O. The van der Waals surface area contributed by atoms with Gasteiger partial charge in [0.2, 0.25) is 5.91 Å². The Balaban J connectivity index is 2.19. The lowest BCUT2D eigenvalue weighted by Crippen LogP contribution is -2.53. The van der Waals surface area contributed by atoms with Crippen molar-refractivity contribution in [2.45, 2.75) is 45.7 Å². The number of hydrogen-bond donors (Lipinski definition) is 2. The van der Waals surface area contributed by atoms with Gasteiger partial charge < -0.3 is 15.6 Å². The minimum absolute atomic E-state index is 0.307. The van der Waals surface area contributed by atoms with Crippen LogP contribution in [0.3, 0.4) is 0 Å². The molecule has 1 aromatic carbocycles. The van der Waals surface area contributed by atoms with Crippen molar-refractivity contribution in [3.8, 4) is 0 Å². The first kappa shape index (κ1) is 15.5. The number of benzene rings is 1. The Bertz CT molecular complexity index is 634. The lowest BCUT2D eigenvalue weighted by atomic mass is 9.96. The highest BCUT2D eigenvalue weighted by Gasteiger charge is 2.30. The third-order valence-corrected chi connectivity index (χ3v) is 3.99. The molecule has 1 heterocycles. The fraction of sp³-hybridized carbons (Fsp3) is 0.500. The number of fused-ring (bicyclic) bond motifs is 1. The van der Waals surface area contributed by atoms with E-state index in [0.29, 0.717) is 13.0 Å². The summed E-state index contributed by atoms with van der Waals surface area (Å²) in [5.41, 5.74) is 6.97. The first-order valence-electron chi connectivity index (χ1n) is 7.45. The zero-order valence-electron chi connectivity index (χ0n) is 13.0. The predicted octanol–water partition coefficient (Wildman–Crippen LogP) is 1.98. The smallest absolute Gasteiger partial charge is 0.237 e. The van der Waals surface area contributed by atoms with Gasteiger partial charge in [-0.15, -0.1) is 0 Å². The highest BCUT2D eigenvalue weighted by molar-refractivity contribution is 5.84. The zero-order valence-corrected chi connectivity index (χ0v) is 13.0. The summed E-state index contributed by atoms with van der Waals surface area (Å²) in [6.07, 6.45) is 1.61. The molecule has 1 atom stereocenters. The van der Waals surface area contributed by atoms with Crippen LogP contribution in [0.2, 0.25) is 0 Å². The van der Waals surface area contributed by atoms with E-state index in [0.717, 1.165) is 29.8 Å². The number of para-hydroxylation sites is 2. The first-order chi connectivity index (χ1) is 9.98. The van der Waals surface area contributed by atoms with Crippen molar-refractivity contribution in [3.63, 3.8) is 0 Å². The molecule has 2 rings (SSSR count). The molecule has 1 amide bonds. The second-order valence-corrected chi connectivity index (χ2v) is 5.67. The molecule has 0 radical (unpaired) electrons. The monoisotopic (exact) mass is 288 g/mol. The molecule has 2 aromatic rings. The second-order valence-electron chi connectivity index (χ2n) is 5.67. The fourth-order valence-electron chi connectivity index (χ4n) is 2.51. The number of nitrogens with zero attached hydrogens (tertiary/aromatic N) is 2. The van der Waals surface area contributed by atoms with Crippen LogP contribution in [-0.2, 0) is 11.3 Å². The molecule has 0 aliphatic carbocycles. The summed E-state index contributed by atoms with van der Waals surface area (Å²) in [4.78, 5) is 16.3. The van der Waals surface area contributed by atoms with E-state index in [9.17, 15) is 4.79 Å². The molecule has 0 aliphatic rings. The van der Waals surface area contributed by atoms with Crippen molar-refractivity contribution in [2.24, 2.45) is 5.73 Å². The summed E-state index contributed by atoms with van der Waals surface area (Å²) in [7, 11) is 0. The lowest BCUT2D eigenvalue weighted by molar-refractivity contribution is -0.124. The normalized spacial score (nSPS) is 14.2. The summed E-state index contributed by atoms with van der Waals surface area (Å²) in [6.45, 7) is 7.42. The minimum atomic E-state index is -0.687. The molecular weight excluding hydrogens is 264 g/mol. The number of primary amides is 1. The van der Waals surface area contributed by atoms with Gasteiger partial charge in [-0.1, -0.05) is 19.1 Å². The Labute approximate surface area is 125 Å². The van der Waals surface area contributed by atoms with E-state index in [4.69, 9.17) is 5.73 Å². The number of amides is 1. The number of carbonyl (C=O) groups is 1. The average molecular weight is 288 g/mol. The van der Waals surface area contributed by atoms with Crippen molar-refractivity contribution in [2.75, 3.05) is 6.54 Å².